The van der Waals surface area contributed by atoms with Gasteiger partial charge in [0.25, 0.3) is 0 Å². The van der Waals surface area contributed by atoms with Gasteiger partial charge in [0.2, 0.25) is 5.91 Å². The number of nitrogens with one attached hydrogen (secondary N) is 1. The van der Waals surface area contributed by atoms with Crippen molar-refractivity contribution in [1.29, 1.82) is 0 Å². The van der Waals surface area contributed by atoms with Crippen LogP contribution in [0.1, 0.15) is 105 Å². The molecule has 0 spiro atoms. The average molecular weight is 483 g/mol. The Labute approximate surface area is 205 Å². The molecule has 0 bridgehead atoms. The van der Waals surface area contributed by atoms with Crippen LogP contribution >= 0.6 is 11.8 Å². The molecule has 0 aromatic rings. The molecule has 3 fully saturated rings. The van der Waals surface area contributed by atoms with Crippen molar-refractivity contribution in [2.75, 3.05) is 12.3 Å². The zero-order chi connectivity index (χ0) is 24.4. The first-order valence-electron chi connectivity index (χ1n) is 13.1. The van der Waals surface area contributed by atoms with Crippen LogP contribution < -0.4 is 5.32 Å². The standard InChI is InChI=1S/C14H23NO4S.C12H23N/c1-9(8-20-13(19)14(2,3)4)11(16)15-7-5-6-10(15)12(17)18;1-3-7-11(8-4-1)13-12-9-5-2-6-10-12/h9-10H,5-8H2,1-4H3,(H,17,18);11-13H,1-10H2. The van der Waals surface area contributed by atoms with E-state index in [-0.39, 0.29) is 16.9 Å². The first-order chi connectivity index (χ1) is 15.6. The Balaban J connectivity index is 0.000000254. The molecule has 1 heterocycles. The van der Waals surface area contributed by atoms with Crippen molar-refractivity contribution < 1.29 is 19.5 Å². The minimum Gasteiger partial charge on any atom is -0.480 e. The van der Waals surface area contributed by atoms with Crippen molar-refractivity contribution in [3.05, 3.63) is 0 Å². The zero-order valence-corrected chi connectivity index (χ0v) is 22.1. The molecule has 2 atom stereocenters. The summed E-state index contributed by atoms with van der Waals surface area (Å²) in [4.78, 5) is 36.6. The number of rotatable bonds is 6. The van der Waals surface area contributed by atoms with E-state index in [1.807, 2.05) is 20.8 Å². The Morgan fingerprint density at radius 1 is 0.909 bits per heavy atom. The third-order valence-corrected chi connectivity index (χ3v) is 8.54. The van der Waals surface area contributed by atoms with Crippen molar-refractivity contribution in [2.24, 2.45) is 11.3 Å². The number of carbonyl (C=O) groups excluding carboxylic acids is 2. The number of hydrogen-bond acceptors (Lipinski definition) is 5. The second kappa shape index (κ2) is 13.7. The summed E-state index contributed by atoms with van der Waals surface area (Å²) in [6.45, 7) is 7.78. The van der Waals surface area contributed by atoms with E-state index in [0.717, 1.165) is 30.3 Å². The molecule has 3 aliphatic rings. The molecular weight excluding hydrogens is 436 g/mol. The molecule has 0 aromatic heterocycles. The van der Waals surface area contributed by atoms with Crippen molar-refractivity contribution in [2.45, 2.75) is 123 Å². The second-order valence-corrected chi connectivity index (χ2v) is 12.1. The highest BCUT2D eigenvalue weighted by molar-refractivity contribution is 8.13. The topological polar surface area (TPSA) is 86.7 Å². The van der Waals surface area contributed by atoms with Crippen LogP contribution in [0.5, 0.6) is 0 Å². The maximum atomic E-state index is 12.3. The monoisotopic (exact) mass is 482 g/mol. The lowest BCUT2D eigenvalue weighted by Gasteiger charge is -2.30. The van der Waals surface area contributed by atoms with Crippen LogP contribution in [0, 0.1) is 11.3 Å². The van der Waals surface area contributed by atoms with E-state index >= 15 is 0 Å². The lowest BCUT2D eigenvalue weighted by molar-refractivity contribution is -0.149. The van der Waals surface area contributed by atoms with E-state index in [1.165, 1.54) is 69.1 Å². The molecule has 3 rings (SSSR count). The van der Waals surface area contributed by atoms with E-state index in [9.17, 15) is 14.4 Å². The second-order valence-electron chi connectivity index (χ2n) is 11.1. The zero-order valence-electron chi connectivity index (χ0n) is 21.2. The van der Waals surface area contributed by atoms with Crippen LogP contribution in [0.4, 0.5) is 0 Å². The normalized spacial score (nSPS) is 23.5. The summed E-state index contributed by atoms with van der Waals surface area (Å²) in [5, 5.41) is 13.0. The van der Waals surface area contributed by atoms with Crippen molar-refractivity contribution in [3.8, 4) is 0 Å². The van der Waals surface area contributed by atoms with E-state index in [0.29, 0.717) is 18.7 Å². The Hall–Kier alpha value is -1.08. The molecule has 1 saturated heterocycles. The minimum absolute atomic E-state index is 0.0494. The highest BCUT2D eigenvalue weighted by atomic mass is 32.2. The quantitative estimate of drug-likeness (QED) is 0.538. The van der Waals surface area contributed by atoms with Crippen LogP contribution in [0.3, 0.4) is 0 Å². The smallest absolute Gasteiger partial charge is 0.326 e. The van der Waals surface area contributed by atoms with Gasteiger partial charge in [-0.05, 0) is 38.5 Å². The third-order valence-electron chi connectivity index (χ3n) is 7.00. The van der Waals surface area contributed by atoms with Crippen LogP contribution in [-0.4, -0.2) is 57.4 Å². The Morgan fingerprint density at radius 2 is 1.42 bits per heavy atom. The molecule has 1 aliphatic heterocycles. The van der Waals surface area contributed by atoms with Gasteiger partial charge in [-0.3, -0.25) is 9.59 Å². The molecule has 33 heavy (non-hydrogen) atoms. The molecule has 2 N–H and O–H groups in total. The number of carboxylic acids is 1. The summed E-state index contributed by atoms with van der Waals surface area (Å²) in [7, 11) is 0. The molecule has 0 radical (unpaired) electrons. The number of thioether (sulfide) groups is 1. The van der Waals surface area contributed by atoms with Crippen LogP contribution in [-0.2, 0) is 14.4 Å². The van der Waals surface area contributed by atoms with E-state index in [1.54, 1.807) is 6.92 Å². The fourth-order valence-corrected chi connectivity index (χ4v) is 5.91. The molecule has 7 heteroatoms. The van der Waals surface area contributed by atoms with Crippen molar-refractivity contribution in [1.82, 2.24) is 10.2 Å². The summed E-state index contributed by atoms with van der Waals surface area (Å²) in [6, 6.07) is 1.04. The highest BCUT2D eigenvalue weighted by Gasteiger charge is 2.36. The van der Waals surface area contributed by atoms with Gasteiger partial charge in [-0.2, -0.15) is 0 Å². The average Bonchev–Trinajstić information content (AvgIpc) is 3.28. The van der Waals surface area contributed by atoms with E-state index in [2.05, 4.69) is 5.32 Å². The lowest BCUT2D eigenvalue weighted by Crippen LogP contribution is -2.43. The largest absolute Gasteiger partial charge is 0.480 e. The first-order valence-corrected chi connectivity index (χ1v) is 14.0. The molecule has 6 nitrogen and oxygen atoms in total. The Kier molecular flexibility index (Phi) is 11.7. The van der Waals surface area contributed by atoms with Gasteiger partial charge in [0.1, 0.15) is 6.04 Å². The van der Waals surface area contributed by atoms with Gasteiger partial charge < -0.3 is 15.3 Å². The van der Waals surface area contributed by atoms with Gasteiger partial charge >= 0.3 is 5.97 Å². The summed E-state index contributed by atoms with van der Waals surface area (Å²) < 4.78 is 0. The minimum atomic E-state index is -0.943. The third kappa shape index (κ3) is 9.59. The number of nitrogens with zero attached hydrogens (tertiary/aromatic N) is 1. The SMILES string of the molecule is C1CCC(NC2CCCCC2)CC1.CC(CSC(=O)C(C)(C)C)C(=O)N1CCCC1C(=O)O. The molecular formula is C26H46N2O4S. The van der Waals surface area contributed by atoms with E-state index < -0.39 is 17.4 Å². The van der Waals surface area contributed by atoms with Crippen LogP contribution in [0.25, 0.3) is 0 Å². The number of aliphatic carboxylic acids is 1. The van der Waals surface area contributed by atoms with Crippen LogP contribution in [0.15, 0.2) is 0 Å². The Morgan fingerprint density at radius 3 is 1.88 bits per heavy atom. The number of hydrogen-bond donors (Lipinski definition) is 2. The maximum Gasteiger partial charge on any atom is 0.326 e. The molecule has 2 saturated carbocycles. The summed E-state index contributed by atoms with van der Waals surface area (Å²) in [5.74, 6) is -1.05. The fraction of sp³-hybridized carbons (Fsp3) is 0.885. The van der Waals surface area contributed by atoms with Gasteiger partial charge in [-0.25, -0.2) is 4.79 Å². The highest BCUT2D eigenvalue weighted by Crippen LogP contribution is 2.26. The van der Waals surface area contributed by atoms with Crippen molar-refractivity contribution in [3.63, 3.8) is 0 Å². The molecule has 2 unspecified atom stereocenters. The fourth-order valence-electron chi connectivity index (χ4n) is 4.93. The van der Waals surface area contributed by atoms with Gasteiger partial charge in [-0.15, -0.1) is 0 Å². The number of amides is 1. The summed E-state index contributed by atoms with van der Waals surface area (Å²) >= 11 is 1.15. The predicted octanol–water partition coefficient (Wildman–Crippen LogP) is 5.25. The number of carbonyl (C=O) groups is 3. The van der Waals surface area contributed by atoms with Gasteiger partial charge in [0, 0.05) is 35.7 Å². The molecule has 2 aliphatic carbocycles. The lowest BCUT2D eigenvalue weighted by atomic mass is 9.91. The summed E-state index contributed by atoms with van der Waals surface area (Å²) in [5.41, 5.74) is -0.426. The molecule has 0 aromatic carbocycles. The van der Waals surface area contributed by atoms with Gasteiger partial charge in [-0.1, -0.05) is 78.0 Å². The van der Waals surface area contributed by atoms with Crippen molar-refractivity contribution >= 4 is 28.8 Å². The maximum absolute atomic E-state index is 12.3. The van der Waals surface area contributed by atoms with Gasteiger partial charge in [0.05, 0.1) is 0 Å². The number of likely N-dealkylation sites (tertiary alicyclic amines) is 1. The van der Waals surface area contributed by atoms with E-state index in [4.69, 9.17) is 5.11 Å². The first kappa shape index (κ1) is 28.2. The molecule has 190 valence electrons. The Bertz CT molecular complexity index is 621. The summed E-state index contributed by atoms with van der Waals surface area (Å²) in [6.07, 6.45) is 15.8. The van der Waals surface area contributed by atoms with Crippen LogP contribution in [0.2, 0.25) is 0 Å². The number of carboxylic acid groups (broad SMARTS) is 1. The predicted molar refractivity (Wildman–Crippen MR) is 135 cm³/mol. The molecule has 1 amide bonds. The van der Waals surface area contributed by atoms with Gasteiger partial charge in [0.15, 0.2) is 5.12 Å².